The van der Waals surface area contributed by atoms with Gasteiger partial charge in [0.2, 0.25) is 5.91 Å². The summed E-state index contributed by atoms with van der Waals surface area (Å²) in [5.74, 6) is -0.354. The molecule has 3 rings (SSSR count). The van der Waals surface area contributed by atoms with Crippen molar-refractivity contribution in [1.29, 1.82) is 0 Å². The molecule has 0 spiro atoms. The first-order valence-electron chi connectivity index (χ1n) is 7.64. The van der Waals surface area contributed by atoms with E-state index in [-0.39, 0.29) is 11.3 Å². The van der Waals surface area contributed by atoms with Crippen molar-refractivity contribution in [3.8, 4) is 0 Å². The third kappa shape index (κ3) is 4.27. The average molecular weight is 389 g/mol. The number of amides is 1. The van der Waals surface area contributed by atoms with E-state index < -0.39 is 10.8 Å². The highest BCUT2D eigenvalue weighted by Gasteiger charge is 2.17. The maximum absolute atomic E-state index is 11.3. The molecule has 0 aliphatic carbocycles. The summed E-state index contributed by atoms with van der Waals surface area (Å²) in [6, 6.07) is 8.34. The number of nitro benzene ring substituents is 1. The van der Waals surface area contributed by atoms with Gasteiger partial charge in [-0.15, -0.1) is 21.5 Å². The molecule has 134 valence electrons. The van der Waals surface area contributed by atoms with Crippen LogP contribution in [-0.4, -0.2) is 25.6 Å². The number of nitro groups is 1. The Labute approximate surface area is 157 Å². The molecule has 2 heterocycles. The summed E-state index contributed by atoms with van der Waals surface area (Å²) in [5, 5.41) is 22.0. The third-order valence-electron chi connectivity index (χ3n) is 3.68. The monoisotopic (exact) mass is 389 g/mol. The van der Waals surface area contributed by atoms with Crippen LogP contribution in [0.25, 0.3) is 0 Å². The zero-order valence-electron chi connectivity index (χ0n) is 13.6. The number of hydrogen-bond donors (Lipinski definition) is 1. The molecule has 0 aliphatic heterocycles. The van der Waals surface area contributed by atoms with Crippen molar-refractivity contribution in [1.82, 2.24) is 14.8 Å². The molecule has 2 N–H and O–H groups in total. The number of aryl methyl sites for hydroxylation is 2. The van der Waals surface area contributed by atoms with E-state index in [4.69, 9.17) is 5.73 Å². The number of rotatable bonds is 8. The molecule has 0 aliphatic rings. The molecular formula is C16H15N5O3S2. The molecule has 2 aromatic heterocycles. The summed E-state index contributed by atoms with van der Waals surface area (Å²) in [4.78, 5) is 23.3. The van der Waals surface area contributed by atoms with Crippen molar-refractivity contribution in [2.24, 2.45) is 5.73 Å². The zero-order chi connectivity index (χ0) is 18.5. The van der Waals surface area contributed by atoms with Gasteiger partial charge in [0.1, 0.15) is 6.33 Å². The Morgan fingerprint density at radius 2 is 2.23 bits per heavy atom. The molecule has 1 aromatic carbocycles. The Bertz CT molecular complexity index is 924. The maximum Gasteiger partial charge on any atom is 0.274 e. The molecule has 8 nitrogen and oxygen atoms in total. The lowest BCUT2D eigenvalue weighted by Crippen LogP contribution is -2.11. The van der Waals surface area contributed by atoms with Crippen LogP contribution in [-0.2, 0) is 18.7 Å². The summed E-state index contributed by atoms with van der Waals surface area (Å²) < 4.78 is 1.92. The van der Waals surface area contributed by atoms with E-state index in [0.29, 0.717) is 16.5 Å². The van der Waals surface area contributed by atoms with Gasteiger partial charge in [-0.25, -0.2) is 0 Å². The summed E-state index contributed by atoms with van der Waals surface area (Å²) in [6.45, 7) is 0.735. The topological polar surface area (TPSA) is 117 Å². The van der Waals surface area contributed by atoms with Crippen LogP contribution in [0.5, 0.6) is 0 Å². The van der Waals surface area contributed by atoms with Gasteiger partial charge < -0.3 is 10.3 Å². The minimum Gasteiger partial charge on any atom is -0.366 e. The Morgan fingerprint density at radius 3 is 2.92 bits per heavy atom. The van der Waals surface area contributed by atoms with Crippen molar-refractivity contribution < 1.29 is 9.72 Å². The SMILES string of the molecule is NC(=O)c1ccc(CSc2nncn2CCc2cccs2)c([N+](=O)[O-])c1. The Hall–Kier alpha value is -2.72. The lowest BCUT2D eigenvalue weighted by Gasteiger charge is -2.06. The highest BCUT2D eigenvalue weighted by molar-refractivity contribution is 7.98. The molecule has 0 fully saturated rings. The van der Waals surface area contributed by atoms with E-state index in [9.17, 15) is 14.9 Å². The van der Waals surface area contributed by atoms with Crippen molar-refractivity contribution >= 4 is 34.7 Å². The van der Waals surface area contributed by atoms with Crippen LogP contribution in [0.1, 0.15) is 20.8 Å². The lowest BCUT2D eigenvalue weighted by molar-refractivity contribution is -0.385. The van der Waals surface area contributed by atoms with Gasteiger partial charge in [0, 0.05) is 34.4 Å². The van der Waals surface area contributed by atoms with Gasteiger partial charge in [-0.3, -0.25) is 14.9 Å². The highest BCUT2D eigenvalue weighted by Crippen LogP contribution is 2.28. The molecule has 10 heteroatoms. The lowest BCUT2D eigenvalue weighted by atomic mass is 10.1. The largest absolute Gasteiger partial charge is 0.366 e. The second-order valence-electron chi connectivity index (χ2n) is 5.39. The van der Waals surface area contributed by atoms with Crippen molar-refractivity contribution in [3.63, 3.8) is 0 Å². The molecule has 0 saturated carbocycles. The first kappa shape index (κ1) is 18.1. The molecule has 0 atom stereocenters. The standard InChI is InChI=1S/C16H15N5O3S2/c17-15(22)11-3-4-12(14(8-11)21(23)24)9-26-16-19-18-10-20(16)6-5-13-2-1-7-25-13/h1-4,7-8,10H,5-6,9H2,(H2,17,22). The number of aromatic nitrogens is 3. The smallest absolute Gasteiger partial charge is 0.274 e. The third-order valence-corrected chi connectivity index (χ3v) is 5.65. The summed E-state index contributed by atoms with van der Waals surface area (Å²) in [6.07, 6.45) is 2.53. The number of carbonyl (C=O) groups excluding carboxylic acids is 1. The predicted octanol–water partition coefficient (Wildman–Crippen LogP) is 2.88. The van der Waals surface area contributed by atoms with Gasteiger partial charge in [0.25, 0.3) is 5.69 Å². The van der Waals surface area contributed by atoms with Gasteiger partial charge in [0.05, 0.1) is 4.92 Å². The first-order valence-corrected chi connectivity index (χ1v) is 9.51. The molecule has 0 radical (unpaired) electrons. The number of nitrogens with zero attached hydrogens (tertiary/aromatic N) is 4. The van der Waals surface area contributed by atoms with Gasteiger partial charge in [-0.1, -0.05) is 23.9 Å². The van der Waals surface area contributed by atoms with Crippen LogP contribution in [0, 0.1) is 10.1 Å². The van der Waals surface area contributed by atoms with E-state index in [1.54, 1.807) is 23.7 Å². The number of primary amides is 1. The van der Waals surface area contributed by atoms with E-state index >= 15 is 0 Å². The maximum atomic E-state index is 11.3. The van der Waals surface area contributed by atoms with E-state index in [2.05, 4.69) is 16.3 Å². The van der Waals surface area contributed by atoms with Gasteiger partial charge in [-0.2, -0.15) is 0 Å². The minimum absolute atomic E-state index is 0.115. The molecule has 3 aromatic rings. The predicted molar refractivity (Wildman–Crippen MR) is 99.2 cm³/mol. The van der Waals surface area contributed by atoms with Crippen molar-refractivity contribution in [2.45, 2.75) is 23.9 Å². The van der Waals surface area contributed by atoms with E-state index in [1.807, 2.05) is 16.0 Å². The molecule has 26 heavy (non-hydrogen) atoms. The van der Waals surface area contributed by atoms with Crippen LogP contribution in [0.4, 0.5) is 5.69 Å². The second-order valence-corrected chi connectivity index (χ2v) is 7.36. The Morgan fingerprint density at radius 1 is 1.38 bits per heavy atom. The average Bonchev–Trinajstić information content (AvgIpc) is 3.29. The minimum atomic E-state index is -0.694. The fraction of sp³-hybridized carbons (Fsp3) is 0.188. The highest BCUT2D eigenvalue weighted by atomic mass is 32.2. The quantitative estimate of drug-likeness (QED) is 0.360. The van der Waals surface area contributed by atoms with E-state index in [1.165, 1.54) is 28.8 Å². The normalized spacial score (nSPS) is 10.8. The molecule has 1 amide bonds. The van der Waals surface area contributed by atoms with Gasteiger partial charge in [0.15, 0.2) is 5.16 Å². The molecule has 0 unspecified atom stereocenters. The number of nitrogens with two attached hydrogens (primary N) is 1. The molecular weight excluding hydrogens is 374 g/mol. The Balaban J connectivity index is 1.70. The van der Waals surface area contributed by atoms with Gasteiger partial charge in [-0.05, 0) is 23.9 Å². The number of thioether (sulfide) groups is 1. The van der Waals surface area contributed by atoms with Crippen molar-refractivity contribution in [3.05, 3.63) is 68.2 Å². The van der Waals surface area contributed by atoms with Crippen LogP contribution in [0.2, 0.25) is 0 Å². The Kier molecular flexibility index (Phi) is 5.64. The van der Waals surface area contributed by atoms with Crippen LogP contribution in [0.3, 0.4) is 0 Å². The van der Waals surface area contributed by atoms with Crippen LogP contribution >= 0.6 is 23.1 Å². The second kappa shape index (κ2) is 8.11. The molecule has 0 bridgehead atoms. The number of hydrogen-bond acceptors (Lipinski definition) is 7. The summed E-state index contributed by atoms with van der Waals surface area (Å²) in [7, 11) is 0. The van der Waals surface area contributed by atoms with Gasteiger partial charge >= 0.3 is 0 Å². The fourth-order valence-electron chi connectivity index (χ4n) is 2.35. The van der Waals surface area contributed by atoms with Crippen molar-refractivity contribution in [2.75, 3.05) is 0 Å². The zero-order valence-corrected chi connectivity index (χ0v) is 15.2. The summed E-state index contributed by atoms with van der Waals surface area (Å²) in [5.41, 5.74) is 5.68. The first-order chi connectivity index (χ1) is 12.5. The van der Waals surface area contributed by atoms with Crippen LogP contribution < -0.4 is 5.73 Å². The van der Waals surface area contributed by atoms with E-state index in [0.717, 1.165) is 13.0 Å². The summed E-state index contributed by atoms with van der Waals surface area (Å²) >= 11 is 3.06. The molecule has 0 saturated heterocycles. The number of thiophene rings is 1. The number of benzene rings is 1. The number of carbonyl (C=O) groups is 1. The van der Waals surface area contributed by atoms with Crippen LogP contribution in [0.15, 0.2) is 47.2 Å². The fourth-order valence-corrected chi connectivity index (χ4v) is 3.98.